The number of nitrogens with one attached hydrogen (secondary N) is 1. The van der Waals surface area contributed by atoms with E-state index < -0.39 is 0 Å². The molecule has 0 aromatic heterocycles. The number of likely N-dealkylation sites (N-methyl/N-ethyl adjacent to an activating group) is 1. The van der Waals surface area contributed by atoms with Crippen LogP contribution in [-0.4, -0.2) is 42.5 Å². The molecule has 0 amide bonds. The van der Waals surface area contributed by atoms with Crippen LogP contribution in [0.1, 0.15) is 46.0 Å². The molecule has 1 atom stereocenters. The van der Waals surface area contributed by atoms with E-state index in [-0.39, 0.29) is 23.2 Å². The highest BCUT2D eigenvalue weighted by Gasteiger charge is 2.23. The van der Waals surface area contributed by atoms with Crippen LogP contribution in [0.4, 0.5) is 0 Å². The van der Waals surface area contributed by atoms with E-state index in [1.807, 2.05) is 19.1 Å². The third-order valence-electron chi connectivity index (χ3n) is 4.87. The van der Waals surface area contributed by atoms with Gasteiger partial charge in [-0.2, -0.15) is 0 Å². The van der Waals surface area contributed by atoms with Crippen molar-refractivity contribution in [3.63, 3.8) is 0 Å². The van der Waals surface area contributed by atoms with Gasteiger partial charge in [0.25, 0.3) is 0 Å². The number of halogens is 1. The van der Waals surface area contributed by atoms with Crippen molar-refractivity contribution in [1.29, 1.82) is 0 Å². The Labute approximate surface area is 186 Å². The molecule has 9 heteroatoms. The number of nitrogens with two attached hydrogens (primary N) is 2. The number of methoxy groups -OCH3 is 1. The van der Waals surface area contributed by atoms with Crippen LogP contribution in [0.15, 0.2) is 51.1 Å². The van der Waals surface area contributed by atoms with Crippen LogP contribution in [0.5, 0.6) is 0 Å². The normalized spacial score (nSPS) is 20.3. The van der Waals surface area contributed by atoms with Gasteiger partial charge < -0.3 is 25.5 Å². The van der Waals surface area contributed by atoms with E-state index in [2.05, 4.69) is 26.2 Å². The first-order chi connectivity index (χ1) is 14.3. The average molecular weight is 482 g/mol. The molecule has 8 nitrogen and oxygen atoms in total. The summed E-state index contributed by atoms with van der Waals surface area (Å²) in [4.78, 5) is 17.0. The van der Waals surface area contributed by atoms with Crippen molar-refractivity contribution < 1.29 is 14.3 Å². The number of carbonyl (C=O) groups is 1. The monoisotopic (exact) mass is 481 g/mol. The molecule has 166 valence electrons. The standard InChI is InChI=1S/C21H32BrN5O3/c1-5-30-18(28)11-14-8-6-7-13(2)19(20(14)27(3)24)26-21(23)25-16-10-9-15(22)12-17(16)29-4/h10,12,15H,5-9,11,24H2,1-4H3,(H3,23,25,26). The summed E-state index contributed by atoms with van der Waals surface area (Å²) in [7, 11) is 3.35. The summed E-state index contributed by atoms with van der Waals surface area (Å²) in [6.45, 7) is 4.15. The highest BCUT2D eigenvalue weighted by Crippen LogP contribution is 2.32. The molecule has 0 aromatic carbocycles. The Morgan fingerprint density at radius 3 is 2.80 bits per heavy atom. The predicted molar refractivity (Wildman–Crippen MR) is 122 cm³/mol. The summed E-state index contributed by atoms with van der Waals surface area (Å²) in [6.07, 6.45) is 7.46. The van der Waals surface area contributed by atoms with Gasteiger partial charge in [0.2, 0.25) is 0 Å². The van der Waals surface area contributed by atoms with Gasteiger partial charge in [0.05, 0.1) is 37.2 Å². The van der Waals surface area contributed by atoms with Crippen molar-refractivity contribution in [2.45, 2.75) is 50.8 Å². The van der Waals surface area contributed by atoms with Gasteiger partial charge in [-0.15, -0.1) is 0 Å². The van der Waals surface area contributed by atoms with Crippen LogP contribution in [0, 0.1) is 0 Å². The molecule has 5 N–H and O–H groups in total. The van der Waals surface area contributed by atoms with E-state index >= 15 is 0 Å². The van der Waals surface area contributed by atoms with Crippen LogP contribution < -0.4 is 16.9 Å². The maximum atomic E-state index is 12.1. The van der Waals surface area contributed by atoms with Crippen molar-refractivity contribution >= 4 is 27.9 Å². The molecule has 0 spiro atoms. The third kappa shape index (κ3) is 6.37. The molecule has 0 bridgehead atoms. The van der Waals surface area contributed by atoms with Crippen molar-refractivity contribution in [2.24, 2.45) is 16.6 Å². The summed E-state index contributed by atoms with van der Waals surface area (Å²) < 4.78 is 10.6. The zero-order valence-electron chi connectivity index (χ0n) is 18.1. The lowest BCUT2D eigenvalue weighted by atomic mass is 10.0. The average Bonchev–Trinajstić information content (AvgIpc) is 2.82. The molecule has 0 saturated carbocycles. The summed E-state index contributed by atoms with van der Waals surface area (Å²) in [5, 5.41) is 4.64. The van der Waals surface area contributed by atoms with E-state index in [0.717, 1.165) is 42.5 Å². The predicted octanol–water partition coefficient (Wildman–Crippen LogP) is 2.94. The Bertz CT molecular complexity index is 811. The number of ether oxygens (including phenoxy) is 2. The van der Waals surface area contributed by atoms with E-state index in [4.69, 9.17) is 21.1 Å². The van der Waals surface area contributed by atoms with Gasteiger partial charge in [-0.05, 0) is 56.8 Å². The molecule has 0 fully saturated rings. The molecule has 2 rings (SSSR count). The SMILES string of the molecule is CCOC(=O)CC1=C(N(C)N)C(N=C(N)NC2=CCC(Br)C=C2OC)=C(C)CCC1. The second kappa shape index (κ2) is 11.2. The minimum atomic E-state index is -0.271. The molecular weight excluding hydrogens is 450 g/mol. The molecule has 0 aromatic rings. The third-order valence-corrected chi connectivity index (χ3v) is 5.51. The molecule has 1 unspecified atom stereocenters. The Kier molecular flexibility index (Phi) is 8.98. The summed E-state index contributed by atoms with van der Waals surface area (Å²) >= 11 is 3.56. The van der Waals surface area contributed by atoms with Crippen LogP contribution in [0.3, 0.4) is 0 Å². The summed E-state index contributed by atoms with van der Waals surface area (Å²) in [5.41, 5.74) is 10.4. The van der Waals surface area contributed by atoms with Gasteiger partial charge in [-0.3, -0.25) is 4.79 Å². The topological polar surface area (TPSA) is 115 Å². The number of esters is 1. The van der Waals surface area contributed by atoms with Crippen LogP contribution in [0.25, 0.3) is 0 Å². The maximum absolute atomic E-state index is 12.1. The smallest absolute Gasteiger partial charge is 0.309 e. The van der Waals surface area contributed by atoms with Crippen molar-refractivity contribution in [1.82, 2.24) is 10.3 Å². The molecule has 30 heavy (non-hydrogen) atoms. The Balaban J connectivity index is 2.37. The maximum Gasteiger partial charge on any atom is 0.309 e. The number of hydrogen-bond acceptors (Lipinski definition) is 6. The first-order valence-electron chi connectivity index (χ1n) is 10.0. The molecule has 0 saturated heterocycles. The second-order valence-electron chi connectivity index (χ2n) is 7.25. The second-order valence-corrected chi connectivity index (χ2v) is 8.43. The molecule has 0 aliphatic heterocycles. The fourth-order valence-electron chi connectivity index (χ4n) is 3.53. The number of guanidine groups is 1. The summed E-state index contributed by atoms with van der Waals surface area (Å²) in [5.74, 6) is 6.81. The van der Waals surface area contributed by atoms with Gasteiger partial charge in [-0.25, -0.2) is 10.8 Å². The Morgan fingerprint density at radius 1 is 1.43 bits per heavy atom. The van der Waals surface area contributed by atoms with Crippen LogP contribution >= 0.6 is 15.9 Å². The Morgan fingerprint density at radius 2 is 2.17 bits per heavy atom. The quantitative estimate of drug-likeness (QED) is 0.128. The highest BCUT2D eigenvalue weighted by atomic mass is 79.9. The van der Waals surface area contributed by atoms with E-state index in [1.54, 1.807) is 21.1 Å². The number of nitrogens with zero attached hydrogens (tertiary/aromatic N) is 2. The number of carbonyl (C=O) groups excluding carboxylic acids is 1. The number of allylic oxidation sites excluding steroid dienone is 3. The van der Waals surface area contributed by atoms with Gasteiger partial charge in [0.15, 0.2) is 5.96 Å². The van der Waals surface area contributed by atoms with E-state index in [9.17, 15) is 4.79 Å². The first-order valence-corrected chi connectivity index (χ1v) is 11.0. The first kappa shape index (κ1) is 24.0. The molecule has 2 aliphatic rings. The number of rotatable bonds is 7. The highest BCUT2D eigenvalue weighted by molar-refractivity contribution is 9.09. The lowest BCUT2D eigenvalue weighted by molar-refractivity contribution is -0.142. The lowest BCUT2D eigenvalue weighted by Crippen LogP contribution is -2.34. The van der Waals surface area contributed by atoms with Crippen LogP contribution in [-0.2, 0) is 14.3 Å². The number of hydrazine groups is 1. The molecule has 0 heterocycles. The minimum Gasteiger partial charge on any atom is -0.495 e. The minimum absolute atomic E-state index is 0.179. The van der Waals surface area contributed by atoms with Gasteiger partial charge >= 0.3 is 5.97 Å². The number of alkyl halides is 1. The van der Waals surface area contributed by atoms with Gasteiger partial charge in [0, 0.05) is 11.9 Å². The zero-order chi connectivity index (χ0) is 22.3. The number of aliphatic imine (C=N–C) groups is 1. The van der Waals surface area contributed by atoms with Crippen molar-refractivity contribution in [3.05, 3.63) is 46.1 Å². The van der Waals surface area contributed by atoms with Crippen molar-refractivity contribution in [2.75, 3.05) is 20.8 Å². The summed E-state index contributed by atoms with van der Waals surface area (Å²) in [6, 6.07) is 0. The van der Waals surface area contributed by atoms with E-state index in [0.29, 0.717) is 23.8 Å². The Hall–Kier alpha value is -2.26. The fourth-order valence-corrected chi connectivity index (χ4v) is 3.95. The fraction of sp³-hybridized carbons (Fsp3) is 0.524. The molecule has 2 aliphatic carbocycles. The van der Waals surface area contributed by atoms with E-state index in [1.165, 1.54) is 5.01 Å². The molecular formula is C21H32BrN5O3. The van der Waals surface area contributed by atoms with Gasteiger partial charge in [0.1, 0.15) is 5.76 Å². The largest absolute Gasteiger partial charge is 0.495 e. The number of hydrogen-bond donors (Lipinski definition) is 3. The lowest BCUT2D eigenvalue weighted by Gasteiger charge is -2.23. The molecule has 0 radical (unpaired) electrons. The van der Waals surface area contributed by atoms with Crippen molar-refractivity contribution in [3.8, 4) is 0 Å². The van der Waals surface area contributed by atoms with Gasteiger partial charge in [-0.1, -0.05) is 22.0 Å². The van der Waals surface area contributed by atoms with Crippen LogP contribution in [0.2, 0.25) is 0 Å². The zero-order valence-corrected chi connectivity index (χ0v) is 19.7.